The van der Waals surface area contributed by atoms with Crippen molar-refractivity contribution in [2.45, 2.75) is 6.04 Å². The SMILES string of the molecule is COc1ccc2ccccc2c1C(CO)NCCN(C)C. The summed E-state index contributed by atoms with van der Waals surface area (Å²) in [5, 5.41) is 15.5. The summed E-state index contributed by atoms with van der Waals surface area (Å²) < 4.78 is 5.50. The second-order valence-electron chi connectivity index (χ2n) is 5.40. The Kier molecular flexibility index (Phi) is 5.56. The highest BCUT2D eigenvalue weighted by molar-refractivity contribution is 5.88. The molecule has 2 N–H and O–H groups in total. The minimum Gasteiger partial charge on any atom is -0.496 e. The van der Waals surface area contributed by atoms with Gasteiger partial charge in [-0.3, -0.25) is 0 Å². The lowest BCUT2D eigenvalue weighted by Crippen LogP contribution is -2.31. The summed E-state index contributed by atoms with van der Waals surface area (Å²) in [6.45, 7) is 1.77. The zero-order chi connectivity index (χ0) is 15.2. The number of nitrogens with zero attached hydrogens (tertiary/aromatic N) is 1. The van der Waals surface area contributed by atoms with Gasteiger partial charge in [-0.25, -0.2) is 0 Å². The third-order valence-electron chi connectivity index (χ3n) is 3.63. The Balaban J connectivity index is 2.36. The highest BCUT2D eigenvalue weighted by Gasteiger charge is 2.18. The van der Waals surface area contributed by atoms with Gasteiger partial charge in [-0.1, -0.05) is 30.3 Å². The first-order chi connectivity index (χ1) is 10.2. The molecule has 0 aliphatic heterocycles. The predicted octanol–water partition coefficient (Wildman–Crippen LogP) is 2.03. The molecule has 0 aromatic heterocycles. The smallest absolute Gasteiger partial charge is 0.124 e. The van der Waals surface area contributed by atoms with Gasteiger partial charge in [0.15, 0.2) is 0 Å². The number of nitrogens with one attached hydrogen (secondary N) is 1. The molecule has 4 heteroatoms. The van der Waals surface area contributed by atoms with Crippen molar-refractivity contribution >= 4 is 10.8 Å². The quantitative estimate of drug-likeness (QED) is 0.818. The number of benzene rings is 2. The molecule has 2 aromatic carbocycles. The summed E-state index contributed by atoms with van der Waals surface area (Å²) in [5.74, 6) is 0.810. The highest BCUT2D eigenvalue weighted by atomic mass is 16.5. The van der Waals surface area contributed by atoms with Gasteiger partial charge in [0.2, 0.25) is 0 Å². The minimum atomic E-state index is -0.133. The van der Waals surface area contributed by atoms with E-state index in [0.717, 1.165) is 35.2 Å². The lowest BCUT2D eigenvalue weighted by Gasteiger charge is -2.22. The molecular formula is C17H24N2O2. The third-order valence-corrected chi connectivity index (χ3v) is 3.63. The molecule has 114 valence electrons. The Morgan fingerprint density at radius 3 is 2.62 bits per heavy atom. The van der Waals surface area contributed by atoms with E-state index in [1.807, 2.05) is 38.4 Å². The molecule has 2 aromatic rings. The van der Waals surface area contributed by atoms with Gasteiger partial charge in [-0.2, -0.15) is 0 Å². The Labute approximate surface area is 126 Å². The molecule has 0 radical (unpaired) electrons. The van der Waals surface area contributed by atoms with Crippen LogP contribution >= 0.6 is 0 Å². The van der Waals surface area contributed by atoms with Crippen molar-refractivity contribution in [3.05, 3.63) is 42.0 Å². The van der Waals surface area contributed by atoms with Crippen LogP contribution in [-0.2, 0) is 0 Å². The summed E-state index contributed by atoms with van der Waals surface area (Å²) in [5.41, 5.74) is 1.02. The normalized spacial score (nSPS) is 12.8. The van der Waals surface area contributed by atoms with Crippen molar-refractivity contribution in [3.8, 4) is 5.75 Å². The molecule has 0 fully saturated rings. The molecule has 0 heterocycles. The largest absolute Gasteiger partial charge is 0.496 e. The summed E-state index contributed by atoms with van der Waals surface area (Å²) in [7, 11) is 5.74. The van der Waals surface area contributed by atoms with Crippen LogP contribution in [0.25, 0.3) is 10.8 Å². The van der Waals surface area contributed by atoms with Crippen molar-refractivity contribution in [1.82, 2.24) is 10.2 Å². The first kappa shape index (κ1) is 15.8. The van der Waals surface area contributed by atoms with Crippen LogP contribution in [0.1, 0.15) is 11.6 Å². The number of aliphatic hydroxyl groups excluding tert-OH is 1. The van der Waals surface area contributed by atoms with Gasteiger partial charge in [0.25, 0.3) is 0 Å². The lowest BCUT2D eigenvalue weighted by atomic mass is 9.97. The Hall–Kier alpha value is -1.62. The number of methoxy groups -OCH3 is 1. The van der Waals surface area contributed by atoms with E-state index in [2.05, 4.69) is 22.3 Å². The van der Waals surface area contributed by atoms with E-state index >= 15 is 0 Å². The topological polar surface area (TPSA) is 44.7 Å². The van der Waals surface area contributed by atoms with Crippen molar-refractivity contribution in [2.24, 2.45) is 0 Å². The van der Waals surface area contributed by atoms with Gasteiger partial charge < -0.3 is 20.1 Å². The first-order valence-electron chi connectivity index (χ1n) is 7.22. The first-order valence-corrected chi connectivity index (χ1v) is 7.22. The van der Waals surface area contributed by atoms with E-state index in [1.165, 1.54) is 0 Å². The van der Waals surface area contributed by atoms with Gasteiger partial charge in [0.05, 0.1) is 19.8 Å². The molecule has 4 nitrogen and oxygen atoms in total. The summed E-state index contributed by atoms with van der Waals surface area (Å²) in [4.78, 5) is 2.11. The van der Waals surface area contributed by atoms with E-state index in [4.69, 9.17) is 4.74 Å². The van der Waals surface area contributed by atoms with E-state index < -0.39 is 0 Å². The maximum Gasteiger partial charge on any atom is 0.124 e. The van der Waals surface area contributed by atoms with Crippen molar-refractivity contribution in [2.75, 3.05) is 40.9 Å². The molecule has 2 rings (SSSR count). The van der Waals surface area contributed by atoms with Crippen LogP contribution in [0.15, 0.2) is 36.4 Å². The third kappa shape index (κ3) is 3.73. The van der Waals surface area contributed by atoms with Crippen LogP contribution in [0.5, 0.6) is 5.75 Å². The van der Waals surface area contributed by atoms with Gasteiger partial charge >= 0.3 is 0 Å². The van der Waals surface area contributed by atoms with Crippen molar-refractivity contribution < 1.29 is 9.84 Å². The molecule has 0 amide bonds. The average Bonchev–Trinajstić information content (AvgIpc) is 2.50. The molecule has 0 spiro atoms. The fraction of sp³-hybridized carbons (Fsp3) is 0.412. The number of hydrogen-bond donors (Lipinski definition) is 2. The molecule has 1 atom stereocenters. The van der Waals surface area contributed by atoms with Crippen LogP contribution in [-0.4, -0.2) is 50.9 Å². The molecule has 0 aliphatic rings. The number of rotatable bonds is 7. The molecule has 0 saturated carbocycles. The predicted molar refractivity (Wildman–Crippen MR) is 86.9 cm³/mol. The van der Waals surface area contributed by atoms with E-state index in [9.17, 15) is 5.11 Å². The van der Waals surface area contributed by atoms with Crippen molar-refractivity contribution in [3.63, 3.8) is 0 Å². The fourth-order valence-electron chi connectivity index (χ4n) is 2.53. The Morgan fingerprint density at radius 1 is 1.19 bits per heavy atom. The van der Waals surface area contributed by atoms with Crippen LogP contribution in [0.2, 0.25) is 0 Å². The number of aliphatic hydroxyl groups is 1. The maximum atomic E-state index is 9.79. The maximum absolute atomic E-state index is 9.79. The fourth-order valence-corrected chi connectivity index (χ4v) is 2.53. The Morgan fingerprint density at radius 2 is 1.95 bits per heavy atom. The second-order valence-corrected chi connectivity index (χ2v) is 5.40. The molecule has 0 bridgehead atoms. The van der Waals surface area contributed by atoms with Crippen LogP contribution < -0.4 is 10.1 Å². The number of hydrogen-bond acceptors (Lipinski definition) is 4. The van der Waals surface area contributed by atoms with Crippen LogP contribution in [0, 0.1) is 0 Å². The van der Waals surface area contributed by atoms with E-state index in [1.54, 1.807) is 7.11 Å². The zero-order valence-electron chi connectivity index (χ0n) is 13.0. The molecular weight excluding hydrogens is 264 g/mol. The van der Waals surface area contributed by atoms with Crippen molar-refractivity contribution in [1.29, 1.82) is 0 Å². The van der Waals surface area contributed by atoms with E-state index in [0.29, 0.717) is 0 Å². The van der Waals surface area contributed by atoms with Gasteiger partial charge in [0.1, 0.15) is 5.75 Å². The summed E-state index contributed by atoms with van der Waals surface area (Å²) in [6.07, 6.45) is 0. The molecule has 0 saturated heterocycles. The molecule has 21 heavy (non-hydrogen) atoms. The molecule has 0 aliphatic carbocycles. The number of fused-ring (bicyclic) bond motifs is 1. The standard InChI is InChI=1S/C17H24N2O2/c1-19(2)11-10-18-15(12-20)17-14-7-5-4-6-13(14)8-9-16(17)21-3/h4-9,15,18,20H,10-12H2,1-3H3. The number of likely N-dealkylation sites (N-methyl/N-ethyl adjacent to an activating group) is 1. The molecule has 1 unspecified atom stereocenters. The monoisotopic (exact) mass is 288 g/mol. The van der Waals surface area contributed by atoms with Crippen LogP contribution in [0.4, 0.5) is 0 Å². The minimum absolute atomic E-state index is 0.0395. The summed E-state index contributed by atoms with van der Waals surface area (Å²) in [6, 6.07) is 12.1. The highest BCUT2D eigenvalue weighted by Crippen LogP contribution is 2.32. The zero-order valence-corrected chi connectivity index (χ0v) is 13.0. The summed E-state index contributed by atoms with van der Waals surface area (Å²) >= 11 is 0. The van der Waals surface area contributed by atoms with E-state index in [-0.39, 0.29) is 12.6 Å². The second kappa shape index (κ2) is 7.41. The van der Waals surface area contributed by atoms with Gasteiger partial charge in [-0.05, 0) is 30.9 Å². The number of ether oxygens (including phenoxy) is 1. The lowest BCUT2D eigenvalue weighted by molar-refractivity contribution is 0.238. The van der Waals surface area contributed by atoms with Gasteiger partial charge in [0, 0.05) is 18.7 Å². The van der Waals surface area contributed by atoms with Gasteiger partial charge in [-0.15, -0.1) is 0 Å². The Bertz CT molecular complexity index is 584. The van der Waals surface area contributed by atoms with Crippen LogP contribution in [0.3, 0.4) is 0 Å². The average molecular weight is 288 g/mol.